The Balaban J connectivity index is 1.73. The van der Waals surface area contributed by atoms with E-state index in [2.05, 4.69) is 15.0 Å². The van der Waals surface area contributed by atoms with Crippen LogP contribution in [0.15, 0.2) is 40.4 Å². The number of fused-ring (bicyclic) bond motifs is 3. The van der Waals surface area contributed by atoms with Crippen LogP contribution in [-0.4, -0.2) is 35.1 Å². The van der Waals surface area contributed by atoms with Gasteiger partial charge in [-0.3, -0.25) is 9.98 Å². The highest BCUT2D eigenvalue weighted by atomic mass is 19.1. The standard InChI is InChI=1S/C18H14FN5/c19-16-4-1-3-12(15(16)9-20)7-13-8-14-17(10-22-13)23-11-24-6-2-5-21-18(14)24/h1,3-4,8,10-11H,2,5-7H2. The Morgan fingerprint density at radius 1 is 1.33 bits per heavy atom. The number of hydrogen-bond donors (Lipinski definition) is 0. The maximum atomic E-state index is 13.8. The van der Waals surface area contributed by atoms with Gasteiger partial charge in [0.15, 0.2) is 0 Å². The second-order valence-electron chi connectivity index (χ2n) is 5.75. The van der Waals surface area contributed by atoms with Crippen molar-refractivity contribution < 1.29 is 4.39 Å². The zero-order chi connectivity index (χ0) is 16.5. The molecule has 24 heavy (non-hydrogen) atoms. The fraction of sp³-hybridized carbons (Fsp3) is 0.222. The van der Waals surface area contributed by atoms with E-state index in [1.54, 1.807) is 24.7 Å². The second kappa shape index (κ2) is 5.85. The predicted octanol–water partition coefficient (Wildman–Crippen LogP) is 2.81. The fourth-order valence-corrected chi connectivity index (χ4v) is 3.01. The Labute approximate surface area is 138 Å². The van der Waals surface area contributed by atoms with E-state index in [1.807, 2.05) is 17.0 Å². The largest absolute Gasteiger partial charge is 0.317 e. The van der Waals surface area contributed by atoms with E-state index in [0.29, 0.717) is 12.0 Å². The van der Waals surface area contributed by atoms with Crippen LogP contribution in [0, 0.1) is 17.1 Å². The van der Waals surface area contributed by atoms with Crippen molar-refractivity contribution in [3.63, 3.8) is 0 Å². The van der Waals surface area contributed by atoms with E-state index in [-0.39, 0.29) is 5.56 Å². The molecule has 0 N–H and O–H groups in total. The van der Waals surface area contributed by atoms with Gasteiger partial charge in [0.05, 0.1) is 23.8 Å². The van der Waals surface area contributed by atoms with Crippen molar-refractivity contribution in [2.45, 2.75) is 12.8 Å². The van der Waals surface area contributed by atoms with E-state index in [0.717, 1.165) is 42.3 Å². The monoisotopic (exact) mass is 319 g/mol. The molecule has 1 aromatic heterocycles. The number of benzene rings is 1. The van der Waals surface area contributed by atoms with Crippen molar-refractivity contribution in [3.05, 3.63) is 58.7 Å². The van der Waals surface area contributed by atoms with Gasteiger partial charge >= 0.3 is 0 Å². The van der Waals surface area contributed by atoms with Crippen molar-refractivity contribution in [2.24, 2.45) is 9.98 Å². The molecule has 118 valence electrons. The third kappa shape index (κ3) is 2.44. The molecule has 1 aromatic carbocycles. The van der Waals surface area contributed by atoms with E-state index < -0.39 is 5.82 Å². The van der Waals surface area contributed by atoms with Crippen molar-refractivity contribution in [1.29, 1.82) is 5.26 Å². The molecule has 0 unspecified atom stereocenters. The second-order valence-corrected chi connectivity index (χ2v) is 5.75. The Hall–Kier alpha value is -3.07. The maximum absolute atomic E-state index is 13.8. The first-order valence-electron chi connectivity index (χ1n) is 7.78. The van der Waals surface area contributed by atoms with Gasteiger partial charge < -0.3 is 4.90 Å². The summed E-state index contributed by atoms with van der Waals surface area (Å²) in [6.45, 7) is 1.71. The molecule has 5 nitrogen and oxygen atoms in total. The minimum absolute atomic E-state index is 0.0756. The van der Waals surface area contributed by atoms with Crippen LogP contribution in [0.5, 0.6) is 0 Å². The van der Waals surface area contributed by atoms with Crippen LogP contribution >= 0.6 is 0 Å². The number of aliphatic imine (C=N–C) groups is 2. The lowest BCUT2D eigenvalue weighted by Crippen LogP contribution is -2.37. The number of amidine groups is 1. The summed E-state index contributed by atoms with van der Waals surface area (Å²) in [5.41, 5.74) is 3.20. The molecule has 0 saturated carbocycles. The molecule has 0 spiro atoms. The SMILES string of the molecule is N#Cc1c(F)cccc1Cc1cc2c(cn1)N=CN1CCCN=C21. The number of rotatable bonds is 2. The Bertz CT molecular complexity index is 910. The minimum Gasteiger partial charge on any atom is -0.317 e. The average molecular weight is 319 g/mol. The summed E-state index contributed by atoms with van der Waals surface area (Å²) in [5, 5.41) is 9.17. The molecule has 6 heteroatoms. The summed E-state index contributed by atoms with van der Waals surface area (Å²) < 4.78 is 13.8. The smallest absolute Gasteiger partial charge is 0.141 e. The highest BCUT2D eigenvalue weighted by molar-refractivity contribution is 6.10. The van der Waals surface area contributed by atoms with Gasteiger partial charge in [0.25, 0.3) is 0 Å². The summed E-state index contributed by atoms with van der Waals surface area (Å²) in [7, 11) is 0. The van der Waals surface area contributed by atoms with Crippen molar-refractivity contribution >= 4 is 17.9 Å². The number of halogens is 1. The number of hydrogen-bond acceptors (Lipinski definition) is 5. The number of aromatic nitrogens is 1. The first-order chi connectivity index (χ1) is 11.8. The number of pyridine rings is 1. The van der Waals surface area contributed by atoms with Gasteiger partial charge in [0.2, 0.25) is 0 Å². The Kier molecular flexibility index (Phi) is 3.54. The molecular formula is C18H14FN5. The molecule has 0 saturated heterocycles. The molecule has 2 aromatic rings. The average Bonchev–Trinajstić information content (AvgIpc) is 2.62. The van der Waals surface area contributed by atoms with Gasteiger partial charge in [-0.25, -0.2) is 9.38 Å². The molecule has 0 atom stereocenters. The van der Waals surface area contributed by atoms with Crippen LogP contribution in [0.3, 0.4) is 0 Å². The topological polar surface area (TPSA) is 64.6 Å². The molecule has 0 bridgehead atoms. The molecule has 0 amide bonds. The van der Waals surface area contributed by atoms with Gasteiger partial charge in [0.1, 0.15) is 17.7 Å². The lowest BCUT2D eigenvalue weighted by atomic mass is 10.0. The number of nitriles is 1. The lowest BCUT2D eigenvalue weighted by molar-refractivity contribution is 0.558. The summed E-state index contributed by atoms with van der Waals surface area (Å²) in [6.07, 6.45) is 4.91. The third-order valence-corrected chi connectivity index (χ3v) is 4.19. The molecule has 2 aliphatic rings. The summed E-state index contributed by atoms with van der Waals surface area (Å²) in [6, 6.07) is 8.54. The van der Waals surface area contributed by atoms with E-state index in [9.17, 15) is 4.39 Å². The number of nitrogens with zero attached hydrogens (tertiary/aromatic N) is 5. The highest BCUT2D eigenvalue weighted by Crippen LogP contribution is 2.27. The first-order valence-corrected chi connectivity index (χ1v) is 7.78. The van der Waals surface area contributed by atoms with E-state index >= 15 is 0 Å². The lowest BCUT2D eigenvalue weighted by Gasteiger charge is -2.29. The van der Waals surface area contributed by atoms with E-state index in [4.69, 9.17) is 5.26 Å². The molecule has 0 radical (unpaired) electrons. The molecule has 0 aliphatic carbocycles. The zero-order valence-electron chi connectivity index (χ0n) is 12.9. The summed E-state index contributed by atoms with van der Waals surface area (Å²) >= 11 is 0. The van der Waals surface area contributed by atoms with Crippen LogP contribution in [0.2, 0.25) is 0 Å². The quantitative estimate of drug-likeness (QED) is 0.855. The van der Waals surface area contributed by atoms with Crippen molar-refractivity contribution in [2.75, 3.05) is 13.1 Å². The van der Waals surface area contributed by atoms with Gasteiger partial charge in [-0.05, 0) is 24.1 Å². The molecule has 2 aliphatic heterocycles. The summed E-state index contributed by atoms with van der Waals surface area (Å²) in [4.78, 5) is 15.5. The van der Waals surface area contributed by atoms with E-state index in [1.165, 1.54) is 6.07 Å². The zero-order valence-corrected chi connectivity index (χ0v) is 12.9. The predicted molar refractivity (Wildman–Crippen MR) is 89.0 cm³/mol. The van der Waals surface area contributed by atoms with Crippen LogP contribution in [-0.2, 0) is 6.42 Å². The van der Waals surface area contributed by atoms with Crippen molar-refractivity contribution in [1.82, 2.24) is 9.88 Å². The van der Waals surface area contributed by atoms with Crippen LogP contribution in [0.25, 0.3) is 0 Å². The summed E-state index contributed by atoms with van der Waals surface area (Å²) in [5.74, 6) is 0.412. The van der Waals surface area contributed by atoms with Crippen LogP contribution in [0.1, 0.15) is 28.8 Å². The van der Waals surface area contributed by atoms with Gasteiger partial charge in [-0.2, -0.15) is 5.26 Å². The van der Waals surface area contributed by atoms with Gasteiger partial charge in [0, 0.05) is 30.8 Å². The Morgan fingerprint density at radius 3 is 3.12 bits per heavy atom. The van der Waals surface area contributed by atoms with Gasteiger partial charge in [-0.1, -0.05) is 12.1 Å². The van der Waals surface area contributed by atoms with Crippen LogP contribution < -0.4 is 0 Å². The molecule has 0 fully saturated rings. The molecule has 3 heterocycles. The third-order valence-electron chi connectivity index (χ3n) is 4.19. The normalized spacial score (nSPS) is 15.3. The Morgan fingerprint density at radius 2 is 2.25 bits per heavy atom. The highest BCUT2D eigenvalue weighted by Gasteiger charge is 2.23. The fourth-order valence-electron chi connectivity index (χ4n) is 3.01. The molecular weight excluding hydrogens is 305 g/mol. The maximum Gasteiger partial charge on any atom is 0.141 e. The first kappa shape index (κ1) is 14.5. The van der Waals surface area contributed by atoms with Gasteiger partial charge in [-0.15, -0.1) is 0 Å². The van der Waals surface area contributed by atoms with Crippen LogP contribution in [0.4, 0.5) is 10.1 Å². The molecule has 4 rings (SSSR count). The minimum atomic E-state index is -0.500. The van der Waals surface area contributed by atoms with Crippen molar-refractivity contribution in [3.8, 4) is 6.07 Å².